The van der Waals surface area contributed by atoms with Crippen molar-refractivity contribution in [2.24, 2.45) is 5.92 Å². The highest BCUT2D eigenvalue weighted by Gasteiger charge is 2.48. The van der Waals surface area contributed by atoms with Crippen molar-refractivity contribution in [3.63, 3.8) is 0 Å². The molecule has 78 heavy (non-hydrogen) atoms. The van der Waals surface area contributed by atoms with Gasteiger partial charge in [-0.1, -0.05) is 54.1 Å². The number of thioether (sulfide) groups is 1. The Bertz CT molecular complexity index is 3250. The molecule has 16 nitrogen and oxygen atoms in total. The van der Waals surface area contributed by atoms with E-state index in [4.69, 9.17) is 25.9 Å². The number of likely N-dealkylation sites (tertiary alicyclic amines) is 1. The average Bonchev–Trinajstić information content (AvgIpc) is 3.98. The maximum Gasteiger partial charge on any atom is 0.501 e. The van der Waals surface area contributed by atoms with Gasteiger partial charge in [0.2, 0.25) is 0 Å². The molecule has 2 atom stereocenters. The Morgan fingerprint density at radius 3 is 2.09 bits per heavy atom. The van der Waals surface area contributed by atoms with Crippen molar-refractivity contribution in [2.75, 3.05) is 77.6 Å². The van der Waals surface area contributed by atoms with Crippen molar-refractivity contribution in [2.45, 2.75) is 67.4 Å². The third kappa shape index (κ3) is 13.9. The largest absolute Gasteiger partial charge is 0.755 e. The zero-order chi connectivity index (χ0) is 56.1. The van der Waals surface area contributed by atoms with Gasteiger partial charge < -0.3 is 44.0 Å². The number of hydrogen-bond acceptors (Lipinski definition) is 12. The first-order valence-electron chi connectivity index (χ1n) is 25.1. The lowest BCUT2D eigenvalue weighted by atomic mass is 9.96. The van der Waals surface area contributed by atoms with Crippen LogP contribution < -0.4 is 19.4 Å². The zero-order valence-corrected chi connectivity index (χ0v) is 47.0. The number of carbonyl (C=O) groups is 1. The molecule has 2 aliphatic heterocycles. The summed E-state index contributed by atoms with van der Waals surface area (Å²) in [6, 6.07) is 33.3. The lowest BCUT2D eigenvalue weighted by Crippen LogP contribution is -2.46. The molecule has 5 aromatic carbocycles. The van der Waals surface area contributed by atoms with E-state index < -0.39 is 51.3 Å². The normalized spacial score (nSPS) is 15.9. The van der Waals surface area contributed by atoms with E-state index in [0.29, 0.717) is 87.1 Å². The van der Waals surface area contributed by atoms with Gasteiger partial charge in [0.15, 0.2) is 0 Å². The number of piperazine rings is 1. The van der Waals surface area contributed by atoms with Crippen LogP contribution in [-0.4, -0.2) is 117 Å². The number of carboxylic acid groups (broad SMARTS) is 1. The number of phosphoric ester groups is 1. The maximum absolute atomic E-state index is 14.5. The minimum atomic E-state index is -6.04. The van der Waals surface area contributed by atoms with E-state index in [1.165, 1.54) is 30.0 Å². The van der Waals surface area contributed by atoms with Crippen LogP contribution in [0.4, 0.5) is 41.6 Å². The monoisotopic (exact) mass is 1170 g/mol. The second-order valence-electron chi connectivity index (χ2n) is 19.5. The summed E-state index contributed by atoms with van der Waals surface area (Å²) >= 11 is 4.57. The quantitative estimate of drug-likeness (QED) is 0.0300. The maximum atomic E-state index is 14.5. The van der Waals surface area contributed by atoms with Gasteiger partial charge in [0, 0.05) is 83.1 Å². The third-order valence-corrected chi connectivity index (χ3v) is 18.2. The Kier molecular flexibility index (Phi) is 18.8. The predicted octanol–water partition coefficient (Wildman–Crippen LogP) is 11.4. The van der Waals surface area contributed by atoms with Crippen LogP contribution in [-0.2, 0) is 30.2 Å². The fraction of sp³-hybridized carbons (Fsp3) is 0.352. The van der Waals surface area contributed by atoms with Gasteiger partial charge in [-0.15, -0.1) is 11.8 Å². The molecule has 2 saturated heterocycles. The molecular formula is C54H60ClF3N6O10PS3-. The molecule has 0 saturated carbocycles. The number of aromatic carboxylic acids is 1. The number of nitrogens with zero attached hydrogens (tertiary/aromatic N) is 5. The highest BCUT2D eigenvalue weighted by molar-refractivity contribution is 7.99. The molecule has 6 aromatic rings. The van der Waals surface area contributed by atoms with Crippen LogP contribution in [0, 0.1) is 12.8 Å². The Labute approximate surface area is 463 Å². The Hall–Kier alpha value is -5.39. The zero-order valence-electron chi connectivity index (χ0n) is 42.9. The number of nitrogens with one attached hydrogen (secondary N) is 1. The standard InChI is InChI=1S/C54H61ClF3N6O10PS3/c1-36(2)63-37(3)50(53(65)66)51(52(63)39-12-14-41(55)15-13-39)40-8-7-9-45(32-40)62-30-28-61(29-31-62)43-16-18-44(19-17-43)64(77(70)71)46-20-21-48(49(33-46)78(72,73)54(56,57)58)59-42(35-76-47-10-5-4-6-11-47)24-27-60-25-22-38(23-26-60)34-74-75(67,68)69/h4-21,32-33,36,38,42,59H,22-31,34-35H2,1-3H3,(H,65,66)(H,70,71)(H2,67,68,69)/p-1/t42-/m1/s1. The van der Waals surface area contributed by atoms with Crippen molar-refractivity contribution < 1.29 is 59.1 Å². The smallest absolute Gasteiger partial charge is 0.501 e. The summed E-state index contributed by atoms with van der Waals surface area (Å²) in [6.07, 6.45) is 1.57. The Balaban J connectivity index is 0.994. The van der Waals surface area contributed by atoms with Crippen LogP contribution in [0.15, 0.2) is 131 Å². The minimum Gasteiger partial charge on any atom is -0.755 e. The number of rotatable bonds is 21. The van der Waals surface area contributed by atoms with Crippen molar-refractivity contribution in [3.8, 4) is 22.4 Å². The second-order valence-corrected chi connectivity index (χ2v) is 24.9. The van der Waals surface area contributed by atoms with E-state index >= 15 is 0 Å². The number of sulfone groups is 1. The summed E-state index contributed by atoms with van der Waals surface area (Å²) in [7, 11) is -10.7. The molecule has 0 spiro atoms. The van der Waals surface area contributed by atoms with Crippen molar-refractivity contribution >= 4 is 86.7 Å². The fourth-order valence-electron chi connectivity index (χ4n) is 10.1. The van der Waals surface area contributed by atoms with Crippen LogP contribution in [0.25, 0.3) is 22.4 Å². The van der Waals surface area contributed by atoms with Gasteiger partial charge in [-0.3, -0.25) is 13.0 Å². The molecule has 0 bridgehead atoms. The molecule has 0 radical (unpaired) electrons. The van der Waals surface area contributed by atoms with Crippen molar-refractivity contribution in [1.82, 2.24) is 9.47 Å². The van der Waals surface area contributed by atoms with Crippen molar-refractivity contribution in [1.29, 1.82) is 0 Å². The number of carboxylic acids is 1. The summed E-state index contributed by atoms with van der Waals surface area (Å²) in [6.45, 7) is 9.62. The van der Waals surface area contributed by atoms with Gasteiger partial charge in [0.05, 0.1) is 46.2 Å². The predicted molar refractivity (Wildman–Crippen MR) is 300 cm³/mol. The molecular weight excluding hydrogens is 1110 g/mol. The number of phosphoric acid groups is 1. The average molecular weight is 1170 g/mol. The number of alkyl halides is 3. The van der Waals surface area contributed by atoms with Crippen LogP contribution in [0.1, 0.15) is 55.2 Å². The van der Waals surface area contributed by atoms with Crippen molar-refractivity contribution in [3.05, 3.63) is 138 Å². The van der Waals surface area contributed by atoms with E-state index in [1.807, 2.05) is 92.1 Å². The van der Waals surface area contributed by atoms with Gasteiger partial charge in [-0.2, -0.15) is 13.2 Å². The molecule has 2 fully saturated rings. The molecule has 24 heteroatoms. The second kappa shape index (κ2) is 25.0. The summed E-state index contributed by atoms with van der Waals surface area (Å²) in [4.78, 5) is 37.3. The lowest BCUT2D eigenvalue weighted by Gasteiger charge is -2.37. The summed E-state index contributed by atoms with van der Waals surface area (Å²) in [5.41, 5.74) is -0.950. The van der Waals surface area contributed by atoms with Gasteiger partial charge in [-0.25, -0.2) is 17.8 Å². The van der Waals surface area contributed by atoms with E-state index in [-0.39, 0.29) is 41.2 Å². The van der Waals surface area contributed by atoms with Gasteiger partial charge in [0.1, 0.15) is 4.90 Å². The molecule has 418 valence electrons. The first-order chi connectivity index (χ1) is 37.0. The summed E-state index contributed by atoms with van der Waals surface area (Å²) < 4.78 is 115. The minimum absolute atomic E-state index is 0.0491. The molecule has 2 aliphatic rings. The SMILES string of the molecule is Cc1c(C(=O)O)c(-c2cccc(N3CCN(c4ccc(N(c5ccc(N[C@H](CCN6CCC(COP(=O)(O)O)CC6)CSc6ccccc6)c(S(=O)(=O)C(F)(F)F)c5)S(=O)[O-])cc4)CC3)c2)c(-c2ccc(Cl)cc2)n1C(C)C. The van der Waals surface area contributed by atoms with Crippen LogP contribution in [0.2, 0.25) is 5.02 Å². The first-order valence-corrected chi connectivity index (χ1v) is 30.6. The highest BCUT2D eigenvalue weighted by atomic mass is 35.5. The number of anilines is 5. The van der Waals surface area contributed by atoms with E-state index in [9.17, 15) is 44.8 Å². The van der Waals surface area contributed by atoms with Gasteiger partial charge in [-0.05, 0) is 149 Å². The number of halogens is 4. The molecule has 8 rings (SSSR count). The number of aromatic nitrogens is 1. The Morgan fingerprint density at radius 2 is 1.50 bits per heavy atom. The molecule has 3 heterocycles. The first kappa shape index (κ1) is 58.8. The molecule has 4 N–H and O–H groups in total. The van der Waals surface area contributed by atoms with Crippen LogP contribution in [0.3, 0.4) is 0 Å². The van der Waals surface area contributed by atoms with E-state index in [1.54, 1.807) is 24.3 Å². The number of benzene rings is 5. The highest BCUT2D eigenvalue weighted by Crippen LogP contribution is 2.44. The van der Waals surface area contributed by atoms with Crippen LogP contribution >= 0.6 is 31.2 Å². The van der Waals surface area contributed by atoms with Gasteiger partial charge >= 0.3 is 19.3 Å². The molecule has 0 amide bonds. The molecule has 1 unspecified atom stereocenters. The Morgan fingerprint density at radius 1 is 0.872 bits per heavy atom. The number of piperidine rings is 1. The summed E-state index contributed by atoms with van der Waals surface area (Å²) in [5.74, 6) is -0.781. The van der Waals surface area contributed by atoms with E-state index in [0.717, 1.165) is 49.5 Å². The lowest BCUT2D eigenvalue weighted by molar-refractivity contribution is -0.0435. The fourth-order valence-corrected chi connectivity index (χ4v) is 13.2. The number of hydrogen-bond donors (Lipinski definition) is 4. The summed E-state index contributed by atoms with van der Waals surface area (Å²) in [5, 5.41) is 14.2. The molecule has 1 aromatic heterocycles. The molecule has 0 aliphatic carbocycles. The topological polar surface area (TPSA) is 208 Å². The van der Waals surface area contributed by atoms with Crippen LogP contribution in [0.5, 0.6) is 0 Å². The third-order valence-electron chi connectivity index (χ3n) is 14.0. The van der Waals surface area contributed by atoms with E-state index in [2.05, 4.69) is 20.0 Å². The van der Waals surface area contributed by atoms with Gasteiger partial charge in [0.25, 0.3) is 9.84 Å².